The van der Waals surface area contributed by atoms with Crippen LogP contribution in [0.25, 0.3) is 11.1 Å². The molecule has 0 bridgehead atoms. The van der Waals surface area contributed by atoms with Crippen LogP contribution in [0.2, 0.25) is 36.3 Å². The van der Waals surface area contributed by atoms with Gasteiger partial charge < -0.3 is 20.3 Å². The number of aliphatic imine (C=N–C) groups is 1. The van der Waals surface area contributed by atoms with Gasteiger partial charge in [-0.1, -0.05) is 71.9 Å². The van der Waals surface area contributed by atoms with Crippen molar-refractivity contribution in [3.8, 4) is 11.1 Å². The molecule has 0 saturated heterocycles. The van der Waals surface area contributed by atoms with Crippen LogP contribution in [-0.2, 0) is 14.3 Å². The van der Waals surface area contributed by atoms with Crippen LogP contribution in [0.1, 0.15) is 63.0 Å². The van der Waals surface area contributed by atoms with Crippen molar-refractivity contribution in [3.63, 3.8) is 0 Å². The van der Waals surface area contributed by atoms with Crippen LogP contribution in [0.5, 0.6) is 0 Å². The zero-order chi connectivity index (χ0) is 28.0. The summed E-state index contributed by atoms with van der Waals surface area (Å²) in [6, 6.07) is 14.2. The van der Waals surface area contributed by atoms with Crippen molar-refractivity contribution < 1.29 is 13.6 Å². The molecule has 2 aromatic carbocycles. The molecule has 0 spiro atoms. The Morgan fingerprint density at radius 1 is 0.811 bits per heavy atom. The van der Waals surface area contributed by atoms with Gasteiger partial charge in [0, 0.05) is 18.8 Å². The standard InChI is InChI=1S/C29H45N3O3Si2/c1-27(2,3)36(7,8)34-18-29(19-35-37(9,10)28(4,5)6)23-14-12-11-13-21(23)22-16-15-20(17-24(22)29)25(33)32-26(30)31/h11-17H,18-19H2,1-10H3,(H4,30,31,32,33). The Hall–Kier alpha value is -2.27. The van der Waals surface area contributed by atoms with Gasteiger partial charge in [-0.05, 0) is 70.7 Å². The van der Waals surface area contributed by atoms with Gasteiger partial charge in [0.25, 0.3) is 5.91 Å². The van der Waals surface area contributed by atoms with Gasteiger partial charge in [0.15, 0.2) is 22.6 Å². The molecule has 0 atom stereocenters. The van der Waals surface area contributed by atoms with Crippen molar-refractivity contribution in [2.24, 2.45) is 16.5 Å². The minimum absolute atomic E-state index is 0.0562. The number of nitrogens with zero attached hydrogens (tertiary/aromatic N) is 1. The summed E-state index contributed by atoms with van der Waals surface area (Å²) in [5.41, 5.74) is 15.4. The van der Waals surface area contributed by atoms with Gasteiger partial charge in [0.05, 0.1) is 5.41 Å². The number of fused-ring (bicyclic) bond motifs is 3. The quantitative estimate of drug-likeness (QED) is 0.241. The smallest absolute Gasteiger partial charge is 0.280 e. The number of guanidine groups is 1. The SMILES string of the molecule is CC(C)(C)[Si](C)(C)OCC1(CO[Si](C)(C)C(C)(C)C)c2ccccc2-c2ccc(C(=O)N=C(N)N)cc21. The fourth-order valence-electron chi connectivity index (χ4n) is 4.16. The Bertz CT molecular complexity index is 1170. The third kappa shape index (κ3) is 5.62. The van der Waals surface area contributed by atoms with Crippen molar-refractivity contribution in [2.45, 2.75) is 83.2 Å². The van der Waals surface area contributed by atoms with Gasteiger partial charge in [0.2, 0.25) is 0 Å². The summed E-state index contributed by atoms with van der Waals surface area (Å²) in [5, 5.41) is 0.112. The van der Waals surface area contributed by atoms with Gasteiger partial charge >= 0.3 is 0 Å². The largest absolute Gasteiger partial charge is 0.415 e. The highest BCUT2D eigenvalue weighted by Gasteiger charge is 2.49. The van der Waals surface area contributed by atoms with Crippen LogP contribution < -0.4 is 11.5 Å². The molecular weight excluding hydrogens is 495 g/mol. The van der Waals surface area contributed by atoms with Crippen molar-refractivity contribution in [1.82, 2.24) is 0 Å². The van der Waals surface area contributed by atoms with Crippen molar-refractivity contribution in [1.29, 1.82) is 0 Å². The normalized spacial score (nSPS) is 15.2. The molecule has 0 unspecified atom stereocenters. The lowest BCUT2D eigenvalue weighted by atomic mass is 9.79. The average molecular weight is 540 g/mol. The molecule has 0 aliphatic heterocycles. The van der Waals surface area contributed by atoms with Gasteiger partial charge in [-0.3, -0.25) is 4.79 Å². The predicted molar refractivity (Wildman–Crippen MR) is 159 cm³/mol. The Kier molecular flexibility index (Phi) is 7.76. The van der Waals surface area contributed by atoms with Crippen LogP contribution >= 0.6 is 0 Å². The molecule has 4 N–H and O–H groups in total. The molecule has 8 heteroatoms. The first kappa shape index (κ1) is 29.3. The van der Waals surface area contributed by atoms with Crippen LogP contribution in [0.3, 0.4) is 0 Å². The monoisotopic (exact) mass is 539 g/mol. The summed E-state index contributed by atoms with van der Waals surface area (Å²) >= 11 is 0. The number of benzene rings is 2. The van der Waals surface area contributed by atoms with Crippen LogP contribution in [-0.4, -0.2) is 41.7 Å². The molecule has 3 rings (SSSR count). The second-order valence-corrected chi connectivity index (χ2v) is 22.9. The Morgan fingerprint density at radius 3 is 1.78 bits per heavy atom. The third-order valence-corrected chi connectivity index (χ3v) is 17.7. The number of carbonyl (C=O) groups excluding carboxylic acids is 1. The van der Waals surface area contributed by atoms with Crippen LogP contribution in [0.4, 0.5) is 0 Å². The lowest BCUT2D eigenvalue weighted by Crippen LogP contribution is -2.49. The van der Waals surface area contributed by atoms with Crippen molar-refractivity contribution in [2.75, 3.05) is 13.2 Å². The van der Waals surface area contributed by atoms with E-state index in [2.05, 4.69) is 97.0 Å². The van der Waals surface area contributed by atoms with E-state index in [0.717, 1.165) is 16.7 Å². The summed E-state index contributed by atoms with van der Waals surface area (Å²) in [6.07, 6.45) is 0. The van der Waals surface area contributed by atoms with E-state index >= 15 is 0 Å². The van der Waals surface area contributed by atoms with Gasteiger partial charge in [-0.15, -0.1) is 0 Å². The van der Waals surface area contributed by atoms with Crippen LogP contribution in [0, 0.1) is 0 Å². The van der Waals surface area contributed by atoms with E-state index in [-0.39, 0.29) is 16.0 Å². The number of hydrogen-bond donors (Lipinski definition) is 2. The van der Waals surface area contributed by atoms with E-state index in [0.29, 0.717) is 18.8 Å². The molecule has 0 saturated carbocycles. The van der Waals surface area contributed by atoms with Gasteiger partial charge in [-0.25, -0.2) is 0 Å². The van der Waals surface area contributed by atoms with Gasteiger partial charge in [0.1, 0.15) is 0 Å². The molecular formula is C29H45N3O3Si2. The molecule has 0 heterocycles. The first-order chi connectivity index (χ1) is 16.8. The minimum Gasteiger partial charge on any atom is -0.415 e. The number of rotatable bonds is 7. The molecule has 1 aliphatic carbocycles. The Morgan fingerprint density at radius 2 is 1.30 bits per heavy atom. The number of hydrogen-bond acceptors (Lipinski definition) is 3. The molecule has 0 fully saturated rings. The zero-order valence-corrected chi connectivity index (χ0v) is 26.3. The molecule has 0 radical (unpaired) electrons. The third-order valence-electron chi connectivity index (χ3n) is 8.72. The van der Waals surface area contributed by atoms with E-state index in [1.807, 2.05) is 12.1 Å². The summed E-state index contributed by atoms with van der Waals surface area (Å²) in [4.78, 5) is 16.6. The minimum atomic E-state index is -2.10. The first-order valence-electron chi connectivity index (χ1n) is 13.0. The molecule has 1 amide bonds. The highest BCUT2D eigenvalue weighted by molar-refractivity contribution is 6.74. The van der Waals surface area contributed by atoms with E-state index < -0.39 is 28.0 Å². The maximum atomic E-state index is 12.8. The lowest BCUT2D eigenvalue weighted by molar-refractivity contribution is 0.100. The predicted octanol–water partition coefficient (Wildman–Crippen LogP) is 6.41. The number of nitrogens with two attached hydrogens (primary N) is 2. The van der Waals surface area contributed by atoms with Gasteiger partial charge in [-0.2, -0.15) is 4.99 Å². The van der Waals surface area contributed by atoms with Crippen LogP contribution in [0.15, 0.2) is 47.5 Å². The molecule has 0 aromatic heterocycles. The molecule has 6 nitrogen and oxygen atoms in total. The lowest BCUT2D eigenvalue weighted by Gasteiger charge is -2.43. The number of amides is 1. The van der Waals surface area contributed by atoms with Crippen molar-refractivity contribution in [3.05, 3.63) is 59.2 Å². The maximum absolute atomic E-state index is 12.8. The number of carbonyl (C=O) groups is 1. The van der Waals surface area contributed by atoms with E-state index in [9.17, 15) is 4.79 Å². The average Bonchev–Trinajstić information content (AvgIpc) is 3.04. The molecule has 37 heavy (non-hydrogen) atoms. The summed E-state index contributed by atoms with van der Waals surface area (Å²) in [6.45, 7) is 23.5. The Labute approximate surface area is 225 Å². The highest BCUT2D eigenvalue weighted by Crippen LogP contribution is 2.52. The van der Waals surface area contributed by atoms with E-state index in [1.54, 1.807) is 6.07 Å². The Balaban J connectivity index is 2.23. The first-order valence-corrected chi connectivity index (χ1v) is 18.8. The summed E-state index contributed by atoms with van der Waals surface area (Å²) in [7, 11) is -4.19. The van der Waals surface area contributed by atoms with Crippen molar-refractivity contribution >= 4 is 28.5 Å². The zero-order valence-electron chi connectivity index (χ0n) is 24.3. The maximum Gasteiger partial charge on any atom is 0.280 e. The molecule has 1 aliphatic rings. The second kappa shape index (κ2) is 9.80. The van der Waals surface area contributed by atoms with E-state index in [1.165, 1.54) is 5.56 Å². The molecule has 2 aromatic rings. The fraction of sp³-hybridized carbons (Fsp3) is 0.517. The fourth-order valence-corrected chi connectivity index (χ4v) is 6.24. The van der Waals surface area contributed by atoms with E-state index in [4.69, 9.17) is 20.3 Å². The summed E-state index contributed by atoms with van der Waals surface area (Å²) < 4.78 is 13.9. The highest BCUT2D eigenvalue weighted by atomic mass is 28.4. The summed E-state index contributed by atoms with van der Waals surface area (Å²) in [5.74, 6) is -0.703. The molecule has 202 valence electrons. The second-order valence-electron chi connectivity index (χ2n) is 13.3. The topological polar surface area (TPSA) is 99.9 Å².